The average Bonchev–Trinajstić information content (AvgIpc) is 3.38. The molecule has 3 fully saturated rings. The number of anilines is 3. The lowest BCUT2D eigenvalue weighted by atomic mass is 9.79. The molecule has 1 saturated carbocycles. The number of piperidine rings is 1. The second-order valence-corrected chi connectivity index (χ2v) is 11.6. The van der Waals surface area contributed by atoms with Crippen LogP contribution in [0.25, 0.3) is 0 Å². The Morgan fingerprint density at radius 3 is 2.30 bits per heavy atom. The van der Waals surface area contributed by atoms with Crippen molar-refractivity contribution in [1.82, 2.24) is 15.3 Å². The van der Waals surface area contributed by atoms with E-state index in [1.165, 1.54) is 24.8 Å². The maximum atomic E-state index is 13.6. The summed E-state index contributed by atoms with van der Waals surface area (Å²) in [5.41, 5.74) is 1.13. The predicted octanol–water partition coefficient (Wildman–Crippen LogP) is 4.73. The fourth-order valence-electron chi connectivity index (χ4n) is 6.26. The Hall–Kier alpha value is -2.52. The summed E-state index contributed by atoms with van der Waals surface area (Å²) in [5.74, 6) is 3.41. The molecular formula is C28H39FN6OS. The fraction of sp³-hybridized carbons (Fsp3) is 0.607. The highest BCUT2D eigenvalue weighted by molar-refractivity contribution is 7.80. The first kappa shape index (κ1) is 26.1. The minimum Gasteiger partial charge on any atom is -0.378 e. The molecule has 0 amide bonds. The van der Waals surface area contributed by atoms with Gasteiger partial charge in [0, 0.05) is 44.2 Å². The van der Waals surface area contributed by atoms with Crippen molar-refractivity contribution < 1.29 is 9.13 Å². The standard InChI is InChI=1S/C28H39FN6OS/c1-20-15-21(2)18-35(17-20)25-16-24(34-11-13-36-14-12-34)31-26(32-25)33-27(37)30-19-28(9-3-4-10-28)22-5-7-23(29)8-6-22/h5-8,16,20-21H,3-4,9-15,17-19H2,1-2H3,(H2,30,31,32,33,37). The molecule has 3 heterocycles. The number of morpholine rings is 1. The molecule has 9 heteroatoms. The first-order valence-corrected chi connectivity index (χ1v) is 14.1. The Morgan fingerprint density at radius 2 is 1.65 bits per heavy atom. The zero-order chi connectivity index (χ0) is 25.8. The number of nitrogens with zero attached hydrogens (tertiary/aromatic N) is 4. The van der Waals surface area contributed by atoms with Crippen molar-refractivity contribution in [3.63, 3.8) is 0 Å². The summed E-state index contributed by atoms with van der Waals surface area (Å²) in [6.07, 6.45) is 5.70. The molecule has 1 aliphatic carbocycles. The lowest BCUT2D eigenvalue weighted by Crippen LogP contribution is -2.42. The number of rotatable bonds is 6. The summed E-state index contributed by atoms with van der Waals surface area (Å²) < 4.78 is 19.1. The van der Waals surface area contributed by atoms with E-state index in [2.05, 4.69) is 40.3 Å². The van der Waals surface area contributed by atoms with Crippen molar-refractivity contribution in [2.75, 3.05) is 61.1 Å². The van der Waals surface area contributed by atoms with Crippen LogP contribution < -0.4 is 20.4 Å². The van der Waals surface area contributed by atoms with Crippen LogP contribution in [0.1, 0.15) is 51.5 Å². The number of nitrogens with one attached hydrogen (secondary N) is 2. The number of halogens is 1. The molecule has 5 rings (SSSR count). The van der Waals surface area contributed by atoms with Crippen LogP contribution in [-0.2, 0) is 10.2 Å². The summed E-state index contributed by atoms with van der Waals surface area (Å²) >= 11 is 5.72. The van der Waals surface area contributed by atoms with Gasteiger partial charge in [0.15, 0.2) is 5.11 Å². The molecule has 1 aromatic heterocycles. The van der Waals surface area contributed by atoms with Gasteiger partial charge in [-0.15, -0.1) is 0 Å². The van der Waals surface area contributed by atoms with E-state index in [4.69, 9.17) is 26.9 Å². The van der Waals surface area contributed by atoms with E-state index in [0.29, 0.717) is 42.7 Å². The zero-order valence-corrected chi connectivity index (χ0v) is 22.8. The van der Waals surface area contributed by atoms with Gasteiger partial charge in [0.25, 0.3) is 0 Å². The molecule has 0 radical (unpaired) electrons. The molecule has 7 nitrogen and oxygen atoms in total. The summed E-state index contributed by atoms with van der Waals surface area (Å²) in [5, 5.41) is 7.23. The van der Waals surface area contributed by atoms with Crippen LogP contribution in [0.2, 0.25) is 0 Å². The lowest BCUT2D eigenvalue weighted by Gasteiger charge is -2.36. The van der Waals surface area contributed by atoms with Gasteiger partial charge in [-0.25, -0.2) is 4.39 Å². The van der Waals surface area contributed by atoms with E-state index >= 15 is 0 Å². The second-order valence-electron chi connectivity index (χ2n) is 11.2. The van der Waals surface area contributed by atoms with E-state index in [1.807, 2.05) is 12.1 Å². The highest BCUT2D eigenvalue weighted by atomic mass is 32.1. The number of benzene rings is 1. The van der Waals surface area contributed by atoms with Crippen molar-refractivity contribution in [2.24, 2.45) is 11.8 Å². The van der Waals surface area contributed by atoms with Gasteiger partial charge in [0.2, 0.25) is 5.95 Å². The first-order valence-electron chi connectivity index (χ1n) is 13.7. The van der Waals surface area contributed by atoms with Crippen LogP contribution in [0, 0.1) is 17.7 Å². The van der Waals surface area contributed by atoms with Gasteiger partial charge in [0.1, 0.15) is 17.5 Å². The monoisotopic (exact) mass is 526 g/mol. The number of ether oxygens (including phenoxy) is 1. The van der Waals surface area contributed by atoms with Crippen LogP contribution in [0.15, 0.2) is 30.3 Å². The number of thiocarbonyl (C=S) groups is 1. The van der Waals surface area contributed by atoms with Crippen LogP contribution in [-0.4, -0.2) is 61.0 Å². The minimum atomic E-state index is -0.201. The Balaban J connectivity index is 1.32. The molecule has 2 saturated heterocycles. The SMILES string of the molecule is CC1CC(C)CN(c2cc(N3CCOCC3)nc(NC(=S)NCC3(c4ccc(F)cc4)CCCC3)n2)C1. The quantitative estimate of drug-likeness (QED) is 0.524. The summed E-state index contributed by atoms with van der Waals surface area (Å²) in [6, 6.07) is 9.06. The molecule has 200 valence electrons. The van der Waals surface area contributed by atoms with Crippen LogP contribution in [0.3, 0.4) is 0 Å². The molecular weight excluding hydrogens is 487 g/mol. The first-order chi connectivity index (χ1) is 17.9. The minimum absolute atomic E-state index is 0.0405. The number of aromatic nitrogens is 2. The topological polar surface area (TPSA) is 65.6 Å². The van der Waals surface area contributed by atoms with Gasteiger partial charge < -0.3 is 25.2 Å². The van der Waals surface area contributed by atoms with Crippen LogP contribution >= 0.6 is 12.2 Å². The zero-order valence-electron chi connectivity index (χ0n) is 22.0. The van der Waals surface area contributed by atoms with E-state index < -0.39 is 0 Å². The van der Waals surface area contributed by atoms with E-state index in [9.17, 15) is 4.39 Å². The lowest BCUT2D eigenvalue weighted by molar-refractivity contribution is 0.122. The van der Waals surface area contributed by atoms with Crippen LogP contribution in [0.4, 0.5) is 22.0 Å². The maximum Gasteiger partial charge on any atom is 0.232 e. The van der Waals surface area contributed by atoms with Gasteiger partial charge in [-0.05, 0) is 61.0 Å². The fourth-order valence-corrected chi connectivity index (χ4v) is 6.43. The van der Waals surface area contributed by atoms with E-state index in [0.717, 1.165) is 50.7 Å². The summed E-state index contributed by atoms with van der Waals surface area (Å²) in [6.45, 7) is 10.3. The highest BCUT2D eigenvalue weighted by Gasteiger charge is 2.35. The van der Waals surface area contributed by atoms with Crippen molar-refractivity contribution in [2.45, 2.75) is 51.4 Å². The average molecular weight is 527 g/mol. The molecule has 0 bridgehead atoms. The Morgan fingerprint density at radius 1 is 1.03 bits per heavy atom. The molecule has 37 heavy (non-hydrogen) atoms. The van der Waals surface area contributed by atoms with E-state index in [-0.39, 0.29) is 11.2 Å². The third-order valence-electron chi connectivity index (χ3n) is 8.06. The molecule has 3 aliphatic rings. The molecule has 2 N–H and O–H groups in total. The molecule has 0 spiro atoms. The molecule has 2 atom stereocenters. The van der Waals surface area contributed by atoms with Crippen molar-refractivity contribution in [3.05, 3.63) is 41.7 Å². The van der Waals surface area contributed by atoms with Gasteiger partial charge in [-0.3, -0.25) is 0 Å². The summed E-state index contributed by atoms with van der Waals surface area (Å²) in [4.78, 5) is 14.4. The van der Waals surface area contributed by atoms with Crippen molar-refractivity contribution in [1.29, 1.82) is 0 Å². The molecule has 2 unspecified atom stereocenters. The third-order valence-corrected chi connectivity index (χ3v) is 8.30. The second kappa shape index (κ2) is 11.5. The summed E-state index contributed by atoms with van der Waals surface area (Å²) in [7, 11) is 0. The largest absolute Gasteiger partial charge is 0.378 e. The number of hydrogen-bond acceptors (Lipinski definition) is 6. The Bertz CT molecular complexity index is 1060. The Labute approximate surface area is 225 Å². The predicted molar refractivity (Wildman–Crippen MR) is 151 cm³/mol. The van der Waals surface area contributed by atoms with Gasteiger partial charge in [-0.1, -0.05) is 38.8 Å². The van der Waals surface area contributed by atoms with Crippen LogP contribution in [0.5, 0.6) is 0 Å². The van der Waals surface area contributed by atoms with Gasteiger partial charge in [-0.2, -0.15) is 9.97 Å². The highest BCUT2D eigenvalue weighted by Crippen LogP contribution is 2.40. The van der Waals surface area contributed by atoms with Crippen molar-refractivity contribution >= 4 is 34.9 Å². The normalized spacial score (nSPS) is 23.6. The van der Waals surface area contributed by atoms with Crippen molar-refractivity contribution in [3.8, 4) is 0 Å². The van der Waals surface area contributed by atoms with Gasteiger partial charge >= 0.3 is 0 Å². The Kier molecular flexibility index (Phi) is 8.09. The number of hydrogen-bond donors (Lipinski definition) is 2. The molecule has 1 aromatic carbocycles. The smallest absolute Gasteiger partial charge is 0.232 e. The van der Waals surface area contributed by atoms with Gasteiger partial charge in [0.05, 0.1) is 13.2 Å². The maximum absolute atomic E-state index is 13.6. The third kappa shape index (κ3) is 6.32. The molecule has 2 aliphatic heterocycles. The van der Waals surface area contributed by atoms with E-state index in [1.54, 1.807) is 12.1 Å². The molecule has 2 aromatic rings.